The second kappa shape index (κ2) is 12.1. The number of piperidine rings is 1. The van der Waals surface area contributed by atoms with E-state index < -0.39 is 10.0 Å². The van der Waals surface area contributed by atoms with E-state index in [0.717, 1.165) is 6.42 Å². The summed E-state index contributed by atoms with van der Waals surface area (Å²) in [5, 5.41) is 6.57. The van der Waals surface area contributed by atoms with Gasteiger partial charge >= 0.3 is 0 Å². The molecule has 10 heteroatoms. The van der Waals surface area contributed by atoms with E-state index in [1.54, 1.807) is 25.3 Å². The Labute approximate surface area is 163 Å². The quantitative estimate of drug-likeness (QED) is 0.298. The van der Waals surface area contributed by atoms with Gasteiger partial charge in [0.2, 0.25) is 15.9 Å². The van der Waals surface area contributed by atoms with Crippen molar-refractivity contribution in [1.29, 1.82) is 0 Å². The van der Waals surface area contributed by atoms with Gasteiger partial charge in [-0.05, 0) is 33.1 Å². The van der Waals surface area contributed by atoms with Crippen LogP contribution in [0.5, 0.6) is 0 Å². The molecule has 0 bridgehead atoms. The molecule has 0 aromatic rings. The normalized spacial score (nSPS) is 17.0. The van der Waals surface area contributed by atoms with Gasteiger partial charge in [0.1, 0.15) is 6.54 Å². The smallest absolute Gasteiger partial charge is 0.243 e. The van der Waals surface area contributed by atoms with Crippen LogP contribution < -0.4 is 10.6 Å². The molecule has 0 unspecified atom stereocenters. The summed E-state index contributed by atoms with van der Waals surface area (Å²) >= 11 is 0. The van der Waals surface area contributed by atoms with E-state index in [1.807, 2.05) is 6.92 Å². The summed E-state index contributed by atoms with van der Waals surface area (Å²) in [6, 6.07) is 0.126. The first kappa shape index (κ1) is 23.6. The summed E-state index contributed by atoms with van der Waals surface area (Å²) in [6.45, 7) is 6.74. The van der Waals surface area contributed by atoms with Gasteiger partial charge in [-0.3, -0.25) is 4.79 Å². The minimum absolute atomic E-state index is 0.0663. The predicted molar refractivity (Wildman–Crippen MR) is 107 cm³/mol. The van der Waals surface area contributed by atoms with Crippen molar-refractivity contribution in [1.82, 2.24) is 19.8 Å². The van der Waals surface area contributed by atoms with Gasteiger partial charge in [-0.1, -0.05) is 0 Å². The fourth-order valence-corrected chi connectivity index (χ4v) is 3.75. The van der Waals surface area contributed by atoms with Gasteiger partial charge in [-0.25, -0.2) is 17.7 Å². The molecule has 2 N–H and O–H groups in total. The first-order valence-electron chi connectivity index (χ1n) is 9.60. The van der Waals surface area contributed by atoms with Crippen LogP contribution in [0.15, 0.2) is 4.99 Å². The molecule has 1 aliphatic heterocycles. The zero-order valence-corrected chi connectivity index (χ0v) is 17.8. The van der Waals surface area contributed by atoms with Crippen LogP contribution in [0.1, 0.15) is 33.1 Å². The van der Waals surface area contributed by atoms with Crippen molar-refractivity contribution in [3.05, 3.63) is 0 Å². The third kappa shape index (κ3) is 8.89. The van der Waals surface area contributed by atoms with Gasteiger partial charge in [0.15, 0.2) is 5.96 Å². The molecule has 0 aromatic carbocycles. The largest absolute Gasteiger partial charge is 0.382 e. The number of hydrogen-bond donors (Lipinski definition) is 2. The van der Waals surface area contributed by atoms with Gasteiger partial charge in [-0.2, -0.15) is 0 Å². The predicted octanol–water partition coefficient (Wildman–Crippen LogP) is -0.149. The summed E-state index contributed by atoms with van der Waals surface area (Å²) in [7, 11) is 0.266. The Kier molecular flexibility index (Phi) is 10.6. The number of guanidine groups is 1. The summed E-state index contributed by atoms with van der Waals surface area (Å²) in [4.78, 5) is 17.7. The van der Waals surface area contributed by atoms with Crippen LogP contribution in [0.2, 0.25) is 0 Å². The fraction of sp³-hybridized carbons (Fsp3) is 0.882. The number of hydrogen-bond acceptors (Lipinski definition) is 5. The zero-order valence-electron chi connectivity index (χ0n) is 17.0. The molecule has 1 saturated heterocycles. The highest BCUT2D eigenvalue weighted by molar-refractivity contribution is 7.89. The molecule has 0 aliphatic carbocycles. The molecule has 0 saturated carbocycles. The molecule has 1 heterocycles. The lowest BCUT2D eigenvalue weighted by atomic mass is 10.1. The Morgan fingerprint density at radius 3 is 2.48 bits per heavy atom. The van der Waals surface area contributed by atoms with Crippen LogP contribution in [-0.2, 0) is 19.6 Å². The lowest BCUT2D eigenvalue weighted by Crippen LogP contribution is -2.50. The number of nitrogens with zero attached hydrogens (tertiary/aromatic N) is 3. The van der Waals surface area contributed by atoms with Gasteiger partial charge < -0.3 is 20.3 Å². The molecule has 1 fully saturated rings. The van der Waals surface area contributed by atoms with E-state index in [-0.39, 0.29) is 24.2 Å². The standard InChI is InChI=1S/C17H35N5O4S/c1-5-26-13-7-10-18-17(19-14-16(23)21(3)4)20-15-8-11-22(12-9-15)27(24,25)6-2/h15H,5-14H2,1-4H3,(H2,18,19,20). The first-order valence-corrected chi connectivity index (χ1v) is 11.2. The Hall–Kier alpha value is -1.39. The number of ether oxygens (including phenoxy) is 1. The highest BCUT2D eigenvalue weighted by Gasteiger charge is 2.27. The Bertz CT molecular complexity index is 572. The molecule has 0 atom stereocenters. The Morgan fingerprint density at radius 1 is 1.26 bits per heavy atom. The summed E-state index contributed by atoms with van der Waals surface area (Å²) in [5.41, 5.74) is 0. The van der Waals surface area contributed by atoms with E-state index in [4.69, 9.17) is 4.74 Å². The highest BCUT2D eigenvalue weighted by atomic mass is 32.2. The minimum atomic E-state index is -3.13. The molecule has 1 aliphatic rings. The number of amides is 1. The second-order valence-corrected chi connectivity index (χ2v) is 8.91. The lowest BCUT2D eigenvalue weighted by molar-refractivity contribution is -0.127. The number of rotatable bonds is 10. The Balaban J connectivity index is 2.57. The summed E-state index contributed by atoms with van der Waals surface area (Å²) in [5.74, 6) is 0.638. The highest BCUT2D eigenvalue weighted by Crippen LogP contribution is 2.14. The third-order valence-corrected chi connectivity index (χ3v) is 6.27. The van der Waals surface area contributed by atoms with E-state index in [9.17, 15) is 13.2 Å². The Morgan fingerprint density at radius 2 is 1.93 bits per heavy atom. The van der Waals surface area contributed by atoms with Crippen molar-refractivity contribution in [3.8, 4) is 0 Å². The lowest BCUT2D eigenvalue weighted by Gasteiger charge is -2.32. The van der Waals surface area contributed by atoms with Crippen molar-refractivity contribution in [3.63, 3.8) is 0 Å². The molecule has 0 spiro atoms. The van der Waals surface area contributed by atoms with E-state index in [0.29, 0.717) is 51.6 Å². The van der Waals surface area contributed by atoms with Crippen LogP contribution in [0.3, 0.4) is 0 Å². The molecule has 9 nitrogen and oxygen atoms in total. The van der Waals surface area contributed by atoms with Crippen molar-refractivity contribution in [2.24, 2.45) is 4.99 Å². The zero-order chi connectivity index (χ0) is 20.3. The molecule has 0 radical (unpaired) electrons. The number of carbonyl (C=O) groups is 1. The number of likely N-dealkylation sites (N-methyl/N-ethyl adjacent to an activating group) is 1. The molecule has 1 rings (SSSR count). The third-order valence-electron chi connectivity index (χ3n) is 4.39. The number of sulfonamides is 1. The first-order chi connectivity index (χ1) is 12.8. The van der Waals surface area contributed by atoms with Crippen LogP contribution >= 0.6 is 0 Å². The van der Waals surface area contributed by atoms with Gasteiger partial charge in [0, 0.05) is 53.0 Å². The van der Waals surface area contributed by atoms with E-state index in [2.05, 4.69) is 15.6 Å². The van der Waals surface area contributed by atoms with Crippen molar-refractivity contribution >= 4 is 21.9 Å². The van der Waals surface area contributed by atoms with Crippen molar-refractivity contribution < 1.29 is 17.9 Å². The monoisotopic (exact) mass is 405 g/mol. The maximum Gasteiger partial charge on any atom is 0.243 e. The van der Waals surface area contributed by atoms with Gasteiger partial charge in [-0.15, -0.1) is 0 Å². The van der Waals surface area contributed by atoms with Crippen LogP contribution in [0.25, 0.3) is 0 Å². The minimum Gasteiger partial charge on any atom is -0.382 e. The van der Waals surface area contributed by atoms with Crippen LogP contribution in [0, 0.1) is 0 Å². The molecule has 0 aromatic heterocycles. The molecular formula is C17H35N5O4S. The average Bonchev–Trinajstić information content (AvgIpc) is 2.65. The van der Waals surface area contributed by atoms with E-state index >= 15 is 0 Å². The van der Waals surface area contributed by atoms with E-state index in [1.165, 1.54) is 4.90 Å². The number of carbonyl (C=O) groups excluding carboxylic acids is 1. The molecule has 158 valence electrons. The maximum atomic E-state index is 12.0. The average molecular weight is 406 g/mol. The topological polar surface area (TPSA) is 103 Å². The van der Waals surface area contributed by atoms with Crippen LogP contribution in [0.4, 0.5) is 0 Å². The second-order valence-electron chi connectivity index (χ2n) is 6.65. The van der Waals surface area contributed by atoms with Crippen molar-refractivity contribution in [2.75, 3.05) is 59.2 Å². The molecule has 1 amide bonds. The maximum absolute atomic E-state index is 12.0. The molecular weight excluding hydrogens is 370 g/mol. The SMILES string of the molecule is CCOCCCNC(=NCC(=O)N(C)C)NC1CCN(S(=O)(=O)CC)CC1. The van der Waals surface area contributed by atoms with Crippen LogP contribution in [-0.4, -0.2) is 94.8 Å². The summed E-state index contributed by atoms with van der Waals surface area (Å²) < 4.78 is 30.8. The van der Waals surface area contributed by atoms with Crippen molar-refractivity contribution in [2.45, 2.75) is 39.2 Å². The van der Waals surface area contributed by atoms with Gasteiger partial charge in [0.25, 0.3) is 0 Å². The summed E-state index contributed by atoms with van der Waals surface area (Å²) in [6.07, 6.45) is 2.25. The number of nitrogens with one attached hydrogen (secondary N) is 2. The number of aliphatic imine (C=N–C) groups is 1. The molecule has 27 heavy (non-hydrogen) atoms. The van der Waals surface area contributed by atoms with Gasteiger partial charge in [0.05, 0.1) is 5.75 Å². The fourth-order valence-electron chi connectivity index (χ4n) is 2.62.